The van der Waals surface area contributed by atoms with Crippen molar-refractivity contribution in [3.05, 3.63) is 29.8 Å². The van der Waals surface area contributed by atoms with Crippen LogP contribution in [0.4, 0.5) is 0 Å². The molecular weight excluding hydrogens is 260 g/mol. The fourth-order valence-electron chi connectivity index (χ4n) is 2.30. The van der Waals surface area contributed by atoms with Gasteiger partial charge < -0.3 is 4.74 Å². The Labute approximate surface area is 129 Å². The molecule has 1 rings (SSSR count). The van der Waals surface area contributed by atoms with Gasteiger partial charge in [0.1, 0.15) is 5.75 Å². The van der Waals surface area contributed by atoms with Crippen molar-refractivity contribution in [2.45, 2.75) is 65.7 Å². The van der Waals surface area contributed by atoms with E-state index < -0.39 is 0 Å². The lowest BCUT2D eigenvalue weighted by Gasteiger charge is -2.08. The van der Waals surface area contributed by atoms with E-state index in [1.165, 1.54) is 38.5 Å². The molecule has 0 atom stereocenters. The molecule has 0 radical (unpaired) electrons. The number of rotatable bonds is 11. The lowest BCUT2D eigenvalue weighted by molar-refractivity contribution is 0.0939. The van der Waals surface area contributed by atoms with Crippen LogP contribution in [0.3, 0.4) is 0 Å². The lowest BCUT2D eigenvalue weighted by Crippen LogP contribution is -2.07. The topological polar surface area (TPSA) is 26.3 Å². The number of hydrogen-bond acceptors (Lipinski definition) is 2. The Balaban J connectivity index is 2.17. The molecule has 1 aromatic rings. The van der Waals surface area contributed by atoms with Gasteiger partial charge in [0.15, 0.2) is 5.78 Å². The number of carbonyl (C=O) groups is 1. The highest BCUT2D eigenvalue weighted by atomic mass is 16.5. The first-order chi connectivity index (χ1) is 10.1. The molecule has 0 aliphatic carbocycles. The number of ketones is 1. The van der Waals surface area contributed by atoms with Gasteiger partial charge in [-0.25, -0.2) is 0 Å². The van der Waals surface area contributed by atoms with E-state index in [1.807, 2.05) is 38.1 Å². The molecule has 0 saturated heterocycles. The van der Waals surface area contributed by atoms with Crippen molar-refractivity contribution in [1.29, 1.82) is 0 Å². The van der Waals surface area contributed by atoms with Crippen LogP contribution in [0.25, 0.3) is 0 Å². The third-order valence-corrected chi connectivity index (χ3v) is 3.68. The summed E-state index contributed by atoms with van der Waals surface area (Å²) in [4.78, 5) is 11.8. The van der Waals surface area contributed by atoms with Crippen LogP contribution in [0, 0.1) is 5.92 Å². The molecule has 0 aliphatic heterocycles. The number of carbonyl (C=O) groups excluding carboxylic acids is 1. The Morgan fingerprint density at radius 1 is 0.952 bits per heavy atom. The van der Waals surface area contributed by atoms with Crippen molar-refractivity contribution in [2.75, 3.05) is 6.61 Å². The molecule has 0 N–H and O–H groups in total. The van der Waals surface area contributed by atoms with Gasteiger partial charge in [-0.15, -0.1) is 0 Å². The number of Topliss-reactive ketones (excluding diaryl/α,β-unsaturated/α-hetero) is 1. The van der Waals surface area contributed by atoms with Crippen molar-refractivity contribution in [3.8, 4) is 5.75 Å². The molecule has 118 valence electrons. The van der Waals surface area contributed by atoms with Gasteiger partial charge in [0.2, 0.25) is 0 Å². The van der Waals surface area contributed by atoms with Crippen LogP contribution in [0.15, 0.2) is 24.3 Å². The molecule has 0 aliphatic rings. The molecule has 0 aromatic heterocycles. The second-order valence-corrected chi connectivity index (χ2v) is 6.01. The summed E-state index contributed by atoms with van der Waals surface area (Å²) in [5.41, 5.74) is 0.772. The van der Waals surface area contributed by atoms with Crippen LogP contribution in [-0.4, -0.2) is 12.4 Å². The van der Waals surface area contributed by atoms with E-state index in [4.69, 9.17) is 4.74 Å². The van der Waals surface area contributed by atoms with Crippen LogP contribution in [0.2, 0.25) is 0 Å². The molecule has 0 amide bonds. The van der Waals surface area contributed by atoms with Crippen LogP contribution < -0.4 is 4.74 Å². The first kappa shape index (κ1) is 17.7. The zero-order valence-electron chi connectivity index (χ0n) is 13.9. The predicted molar refractivity (Wildman–Crippen MR) is 89.1 cm³/mol. The first-order valence-corrected chi connectivity index (χ1v) is 8.42. The number of benzene rings is 1. The van der Waals surface area contributed by atoms with Crippen LogP contribution in [0.1, 0.15) is 76.1 Å². The first-order valence-electron chi connectivity index (χ1n) is 8.42. The summed E-state index contributed by atoms with van der Waals surface area (Å²) >= 11 is 0. The second kappa shape index (κ2) is 10.4. The molecular formula is C19H30O2. The maximum Gasteiger partial charge on any atom is 0.165 e. The van der Waals surface area contributed by atoms with E-state index in [0.717, 1.165) is 24.3 Å². The Hall–Kier alpha value is -1.31. The summed E-state index contributed by atoms with van der Waals surface area (Å²) in [6.45, 7) is 6.86. The van der Waals surface area contributed by atoms with E-state index >= 15 is 0 Å². The Kier molecular flexibility index (Phi) is 8.80. The van der Waals surface area contributed by atoms with Crippen molar-refractivity contribution >= 4 is 5.78 Å². The maximum absolute atomic E-state index is 11.8. The predicted octanol–water partition coefficient (Wildman–Crippen LogP) is 5.65. The summed E-state index contributed by atoms with van der Waals surface area (Å²) in [7, 11) is 0. The molecule has 21 heavy (non-hydrogen) atoms. The largest absolute Gasteiger partial charge is 0.494 e. The van der Waals surface area contributed by atoms with E-state index in [0.29, 0.717) is 0 Å². The third kappa shape index (κ3) is 7.31. The molecule has 0 fully saturated rings. The molecule has 1 aromatic carbocycles. The SMILES string of the molecule is CCCCCCCCCOc1ccc(C(=O)C(C)C)cc1. The molecule has 0 heterocycles. The molecule has 0 spiro atoms. The van der Waals surface area contributed by atoms with Crippen molar-refractivity contribution in [2.24, 2.45) is 5.92 Å². The van der Waals surface area contributed by atoms with Crippen molar-refractivity contribution < 1.29 is 9.53 Å². The second-order valence-electron chi connectivity index (χ2n) is 6.01. The van der Waals surface area contributed by atoms with Gasteiger partial charge in [-0.1, -0.05) is 59.3 Å². The summed E-state index contributed by atoms with van der Waals surface area (Å²) < 4.78 is 5.72. The highest BCUT2D eigenvalue weighted by Gasteiger charge is 2.09. The highest BCUT2D eigenvalue weighted by Crippen LogP contribution is 2.16. The standard InChI is InChI=1S/C19H30O2/c1-4-5-6-7-8-9-10-15-21-18-13-11-17(12-14-18)19(20)16(2)3/h11-14,16H,4-10,15H2,1-3H3. The van der Waals surface area contributed by atoms with Gasteiger partial charge in [0, 0.05) is 11.5 Å². The van der Waals surface area contributed by atoms with E-state index in [2.05, 4.69) is 6.92 Å². The van der Waals surface area contributed by atoms with Gasteiger partial charge in [-0.2, -0.15) is 0 Å². The summed E-state index contributed by atoms with van der Waals surface area (Å²) in [5.74, 6) is 1.10. The average molecular weight is 290 g/mol. The molecule has 0 unspecified atom stereocenters. The molecule has 2 nitrogen and oxygen atoms in total. The zero-order valence-corrected chi connectivity index (χ0v) is 13.9. The molecule has 0 bridgehead atoms. The van der Waals surface area contributed by atoms with Gasteiger partial charge in [0.25, 0.3) is 0 Å². The summed E-state index contributed by atoms with van der Waals surface area (Å²) in [6, 6.07) is 7.53. The monoisotopic (exact) mass is 290 g/mol. The average Bonchev–Trinajstić information content (AvgIpc) is 2.49. The highest BCUT2D eigenvalue weighted by molar-refractivity contribution is 5.97. The summed E-state index contributed by atoms with van der Waals surface area (Å²) in [5, 5.41) is 0. The van der Waals surface area contributed by atoms with Crippen molar-refractivity contribution in [3.63, 3.8) is 0 Å². The Morgan fingerprint density at radius 2 is 1.52 bits per heavy atom. The normalized spacial score (nSPS) is 10.9. The van der Waals surface area contributed by atoms with Gasteiger partial charge in [0.05, 0.1) is 6.61 Å². The maximum atomic E-state index is 11.8. The molecule has 2 heteroatoms. The minimum absolute atomic E-state index is 0.0458. The third-order valence-electron chi connectivity index (χ3n) is 3.68. The van der Waals surface area contributed by atoms with Gasteiger partial charge >= 0.3 is 0 Å². The van der Waals surface area contributed by atoms with E-state index in [1.54, 1.807) is 0 Å². The quantitative estimate of drug-likeness (QED) is 0.388. The zero-order chi connectivity index (χ0) is 15.5. The fourth-order valence-corrected chi connectivity index (χ4v) is 2.30. The van der Waals surface area contributed by atoms with Crippen LogP contribution in [0.5, 0.6) is 5.75 Å². The summed E-state index contributed by atoms with van der Waals surface area (Å²) in [6.07, 6.45) is 9.04. The number of hydrogen-bond donors (Lipinski definition) is 0. The Morgan fingerprint density at radius 3 is 2.10 bits per heavy atom. The van der Waals surface area contributed by atoms with Gasteiger partial charge in [-0.3, -0.25) is 4.79 Å². The number of ether oxygens (including phenoxy) is 1. The van der Waals surface area contributed by atoms with Gasteiger partial charge in [-0.05, 0) is 30.7 Å². The van der Waals surface area contributed by atoms with E-state index in [-0.39, 0.29) is 11.7 Å². The molecule has 0 saturated carbocycles. The van der Waals surface area contributed by atoms with Crippen LogP contribution >= 0.6 is 0 Å². The minimum atomic E-state index is 0.0458. The van der Waals surface area contributed by atoms with Crippen molar-refractivity contribution in [1.82, 2.24) is 0 Å². The number of unbranched alkanes of at least 4 members (excludes halogenated alkanes) is 6. The fraction of sp³-hybridized carbons (Fsp3) is 0.632. The van der Waals surface area contributed by atoms with E-state index in [9.17, 15) is 4.79 Å². The lowest BCUT2D eigenvalue weighted by atomic mass is 10.0. The Bertz CT molecular complexity index is 393. The smallest absolute Gasteiger partial charge is 0.165 e. The van der Waals surface area contributed by atoms with Crippen LogP contribution in [-0.2, 0) is 0 Å². The minimum Gasteiger partial charge on any atom is -0.494 e.